The maximum Gasteiger partial charge on any atom is 0.278 e. The Labute approximate surface area is 198 Å². The molecule has 4 aromatic rings. The maximum atomic E-state index is 13.4. The van der Waals surface area contributed by atoms with Gasteiger partial charge in [0.15, 0.2) is 11.5 Å². The van der Waals surface area contributed by atoms with Crippen molar-refractivity contribution >= 4 is 33.9 Å². The van der Waals surface area contributed by atoms with Crippen LogP contribution in [0.2, 0.25) is 0 Å². The maximum absolute atomic E-state index is 13.4. The van der Waals surface area contributed by atoms with E-state index in [1.54, 1.807) is 55.9 Å². The first-order chi connectivity index (χ1) is 16.6. The molecule has 0 radical (unpaired) electrons. The monoisotopic (exact) mass is 475 g/mol. The third-order valence-electron chi connectivity index (χ3n) is 5.68. The van der Waals surface area contributed by atoms with E-state index in [2.05, 4.69) is 15.4 Å². The summed E-state index contributed by atoms with van der Waals surface area (Å²) < 4.78 is 11.9. The number of amides is 1. The summed E-state index contributed by atoms with van der Waals surface area (Å²) in [6, 6.07) is 16.0. The van der Waals surface area contributed by atoms with E-state index < -0.39 is 0 Å². The number of thiophene rings is 1. The second kappa shape index (κ2) is 9.06. The van der Waals surface area contributed by atoms with E-state index in [1.165, 1.54) is 5.01 Å². The van der Waals surface area contributed by atoms with Gasteiger partial charge in [-0.1, -0.05) is 29.5 Å². The van der Waals surface area contributed by atoms with Crippen LogP contribution < -0.4 is 15.0 Å². The number of aromatic nitrogens is 3. The molecule has 9 nitrogen and oxygen atoms in total. The highest BCUT2D eigenvalue weighted by Gasteiger charge is 2.34. The van der Waals surface area contributed by atoms with E-state index in [1.807, 2.05) is 29.6 Å². The minimum atomic E-state index is -0.372. The van der Waals surface area contributed by atoms with Gasteiger partial charge in [-0.2, -0.15) is 5.10 Å². The van der Waals surface area contributed by atoms with Gasteiger partial charge in [0.25, 0.3) is 11.5 Å². The molecule has 0 unspecified atom stereocenters. The molecule has 0 bridgehead atoms. The number of hydrazone groups is 1. The van der Waals surface area contributed by atoms with Gasteiger partial charge in [-0.05, 0) is 41.3 Å². The molecular weight excluding hydrogens is 454 g/mol. The van der Waals surface area contributed by atoms with Crippen molar-refractivity contribution in [3.05, 3.63) is 80.8 Å². The van der Waals surface area contributed by atoms with Crippen LogP contribution in [-0.2, 0) is 11.3 Å². The number of benzene rings is 2. The molecule has 0 spiro atoms. The van der Waals surface area contributed by atoms with Crippen molar-refractivity contribution < 1.29 is 14.3 Å². The van der Waals surface area contributed by atoms with E-state index >= 15 is 0 Å². The van der Waals surface area contributed by atoms with Gasteiger partial charge in [0.05, 0.1) is 36.2 Å². The summed E-state index contributed by atoms with van der Waals surface area (Å²) in [4.78, 5) is 27.3. The van der Waals surface area contributed by atoms with Crippen LogP contribution >= 0.6 is 11.3 Å². The number of rotatable bonds is 6. The highest BCUT2D eigenvalue weighted by Crippen LogP contribution is 2.37. The second-order valence-electron chi connectivity index (χ2n) is 7.67. The van der Waals surface area contributed by atoms with Crippen LogP contribution in [0.15, 0.2) is 69.9 Å². The standard InChI is InChI=1S/C24H21N5O4S/c1-32-20-10-9-15(12-21(20)33-2)19-13-18(22-8-5-11-34-22)26-29(19)23(30)14-28-24(31)16-6-3-4-7-17(16)25-27-28/h3-12,19H,13-14H2,1-2H3/t19-/m1/s1. The van der Waals surface area contributed by atoms with Gasteiger partial charge in [-0.25, -0.2) is 9.69 Å². The molecule has 2 aromatic heterocycles. The number of hydrogen-bond acceptors (Lipinski definition) is 8. The number of nitrogens with zero attached hydrogens (tertiary/aromatic N) is 5. The zero-order chi connectivity index (χ0) is 23.7. The van der Waals surface area contributed by atoms with Crippen molar-refractivity contribution in [3.63, 3.8) is 0 Å². The lowest BCUT2D eigenvalue weighted by Gasteiger charge is -2.23. The number of fused-ring (bicyclic) bond motifs is 1. The molecule has 0 aliphatic carbocycles. The normalized spacial score (nSPS) is 15.4. The molecule has 1 aliphatic rings. The fourth-order valence-corrected chi connectivity index (χ4v) is 4.70. The van der Waals surface area contributed by atoms with E-state index in [0.29, 0.717) is 28.8 Å². The Balaban J connectivity index is 1.50. The molecule has 1 atom stereocenters. The van der Waals surface area contributed by atoms with Crippen LogP contribution in [0.5, 0.6) is 11.5 Å². The van der Waals surface area contributed by atoms with Gasteiger partial charge in [0.2, 0.25) is 0 Å². The smallest absolute Gasteiger partial charge is 0.278 e. The molecule has 0 saturated carbocycles. The average molecular weight is 476 g/mol. The quantitative estimate of drug-likeness (QED) is 0.425. The Kier molecular flexibility index (Phi) is 5.81. The minimum Gasteiger partial charge on any atom is -0.493 e. The lowest BCUT2D eigenvalue weighted by molar-refractivity contribution is -0.134. The van der Waals surface area contributed by atoms with Crippen LogP contribution in [0.25, 0.3) is 10.9 Å². The molecule has 34 heavy (non-hydrogen) atoms. The number of carbonyl (C=O) groups is 1. The Morgan fingerprint density at radius 3 is 2.68 bits per heavy atom. The zero-order valence-electron chi connectivity index (χ0n) is 18.5. The molecule has 1 aliphatic heterocycles. The molecule has 0 saturated heterocycles. The van der Waals surface area contributed by atoms with Gasteiger partial charge in [-0.3, -0.25) is 9.59 Å². The summed E-state index contributed by atoms with van der Waals surface area (Å²) in [5.74, 6) is 0.797. The van der Waals surface area contributed by atoms with Gasteiger partial charge >= 0.3 is 0 Å². The average Bonchev–Trinajstić information content (AvgIpc) is 3.56. The van der Waals surface area contributed by atoms with Crippen LogP contribution in [0.4, 0.5) is 0 Å². The topological polar surface area (TPSA) is 98.9 Å². The number of hydrogen-bond donors (Lipinski definition) is 0. The fraction of sp³-hybridized carbons (Fsp3) is 0.208. The summed E-state index contributed by atoms with van der Waals surface area (Å²) in [6.45, 7) is -0.276. The number of methoxy groups -OCH3 is 2. The van der Waals surface area contributed by atoms with Gasteiger partial charge < -0.3 is 9.47 Å². The van der Waals surface area contributed by atoms with Crippen molar-refractivity contribution in [2.75, 3.05) is 14.2 Å². The summed E-state index contributed by atoms with van der Waals surface area (Å²) in [6.07, 6.45) is 0.528. The SMILES string of the molecule is COc1ccc([C@H]2CC(c3cccs3)=NN2C(=O)Cn2nnc3ccccc3c2=O)cc1OC. The van der Waals surface area contributed by atoms with Crippen LogP contribution in [0.3, 0.4) is 0 Å². The fourth-order valence-electron chi connectivity index (χ4n) is 3.98. The molecule has 0 N–H and O–H groups in total. The molecule has 3 heterocycles. The Bertz CT molecular complexity index is 1450. The van der Waals surface area contributed by atoms with Crippen molar-refractivity contribution in [2.45, 2.75) is 19.0 Å². The molecule has 2 aromatic carbocycles. The predicted molar refractivity (Wildman–Crippen MR) is 128 cm³/mol. The van der Waals surface area contributed by atoms with Crippen molar-refractivity contribution in [3.8, 4) is 11.5 Å². The first kappa shape index (κ1) is 21.8. The minimum absolute atomic E-state index is 0.276. The Morgan fingerprint density at radius 1 is 1.09 bits per heavy atom. The third kappa shape index (κ3) is 3.92. The number of carbonyl (C=O) groups excluding carboxylic acids is 1. The van der Waals surface area contributed by atoms with Crippen molar-refractivity contribution in [2.24, 2.45) is 5.10 Å². The lowest BCUT2D eigenvalue weighted by Crippen LogP contribution is -2.35. The first-order valence-corrected chi connectivity index (χ1v) is 11.4. The van der Waals surface area contributed by atoms with E-state index in [-0.39, 0.29) is 24.1 Å². The third-order valence-corrected chi connectivity index (χ3v) is 6.60. The highest BCUT2D eigenvalue weighted by molar-refractivity contribution is 7.12. The summed E-state index contributed by atoms with van der Waals surface area (Å²) >= 11 is 1.56. The second-order valence-corrected chi connectivity index (χ2v) is 8.61. The van der Waals surface area contributed by atoms with Crippen LogP contribution in [-0.4, -0.2) is 45.8 Å². The van der Waals surface area contributed by atoms with Crippen LogP contribution in [0, 0.1) is 0 Å². The van der Waals surface area contributed by atoms with E-state index in [4.69, 9.17) is 9.47 Å². The summed E-state index contributed by atoms with van der Waals surface area (Å²) in [5.41, 5.74) is 1.76. The largest absolute Gasteiger partial charge is 0.493 e. The number of ether oxygens (including phenoxy) is 2. The van der Waals surface area contributed by atoms with Gasteiger partial charge in [-0.15, -0.1) is 16.4 Å². The molecule has 5 rings (SSSR count). The van der Waals surface area contributed by atoms with Gasteiger partial charge in [0, 0.05) is 6.42 Å². The van der Waals surface area contributed by atoms with E-state index in [9.17, 15) is 9.59 Å². The summed E-state index contributed by atoms with van der Waals surface area (Å²) in [7, 11) is 3.14. The molecular formula is C24H21N5O4S. The molecule has 0 fully saturated rings. The molecule has 1 amide bonds. The van der Waals surface area contributed by atoms with Crippen molar-refractivity contribution in [1.82, 2.24) is 20.0 Å². The zero-order valence-corrected chi connectivity index (χ0v) is 19.4. The van der Waals surface area contributed by atoms with E-state index in [0.717, 1.165) is 20.8 Å². The molecule has 172 valence electrons. The van der Waals surface area contributed by atoms with Gasteiger partial charge in [0.1, 0.15) is 12.1 Å². The first-order valence-electron chi connectivity index (χ1n) is 10.6. The Morgan fingerprint density at radius 2 is 1.91 bits per heavy atom. The summed E-state index contributed by atoms with van der Waals surface area (Å²) in [5, 5.41) is 16.5. The predicted octanol–water partition coefficient (Wildman–Crippen LogP) is 3.25. The van der Waals surface area contributed by atoms with Crippen molar-refractivity contribution in [1.29, 1.82) is 0 Å². The highest BCUT2D eigenvalue weighted by atomic mass is 32.1. The molecule has 10 heteroatoms. The van der Waals surface area contributed by atoms with Crippen LogP contribution in [0.1, 0.15) is 22.9 Å². The lowest BCUT2D eigenvalue weighted by atomic mass is 10.0. The Hall–Kier alpha value is -4.05.